The van der Waals surface area contributed by atoms with Crippen LogP contribution in [0.5, 0.6) is 5.75 Å². The first-order valence-electron chi connectivity index (χ1n) is 7.56. The number of fused-ring (bicyclic) bond motifs is 2. The van der Waals surface area contributed by atoms with Crippen molar-refractivity contribution in [1.29, 1.82) is 0 Å². The quantitative estimate of drug-likeness (QED) is 0.935. The van der Waals surface area contributed by atoms with Crippen LogP contribution in [0.2, 0.25) is 0 Å². The molecular weight excluding hydrogens is 264 g/mol. The number of ether oxygens (including phenoxy) is 2. The van der Waals surface area contributed by atoms with Crippen LogP contribution in [0, 0.1) is 6.92 Å². The fourth-order valence-electron chi connectivity index (χ4n) is 2.87. The summed E-state index contributed by atoms with van der Waals surface area (Å²) >= 11 is 0. The highest BCUT2D eigenvalue weighted by Gasteiger charge is 2.19. The number of hydrogen-bond acceptors (Lipinski definition) is 4. The van der Waals surface area contributed by atoms with E-state index < -0.39 is 0 Å². The number of nitrogens with one attached hydrogen (secondary N) is 1. The molecule has 0 spiro atoms. The lowest BCUT2D eigenvalue weighted by Crippen LogP contribution is -2.16. The average Bonchev–Trinajstić information content (AvgIpc) is 2.52. The molecule has 0 atom stereocenters. The van der Waals surface area contributed by atoms with Crippen LogP contribution in [0.1, 0.15) is 30.2 Å². The van der Waals surface area contributed by atoms with Crippen molar-refractivity contribution in [3.8, 4) is 5.75 Å². The summed E-state index contributed by atoms with van der Waals surface area (Å²) in [4.78, 5) is 4.88. The van der Waals surface area contributed by atoms with Gasteiger partial charge in [-0.1, -0.05) is 6.92 Å². The summed E-state index contributed by atoms with van der Waals surface area (Å²) in [5, 5.41) is 4.70. The van der Waals surface area contributed by atoms with E-state index in [1.54, 1.807) is 7.11 Å². The number of benzene rings is 1. The largest absolute Gasteiger partial charge is 0.497 e. The summed E-state index contributed by atoms with van der Waals surface area (Å²) in [7, 11) is 1.70. The van der Waals surface area contributed by atoms with Gasteiger partial charge in [0.05, 0.1) is 37.2 Å². The number of hydrogen-bond donors (Lipinski definition) is 1. The Morgan fingerprint density at radius 2 is 2.24 bits per heavy atom. The van der Waals surface area contributed by atoms with Crippen LogP contribution in [-0.2, 0) is 17.8 Å². The molecule has 3 rings (SSSR count). The molecule has 21 heavy (non-hydrogen) atoms. The molecular formula is C17H22N2O2. The van der Waals surface area contributed by atoms with Gasteiger partial charge in [0.25, 0.3) is 0 Å². The van der Waals surface area contributed by atoms with Gasteiger partial charge in [-0.2, -0.15) is 0 Å². The number of pyridine rings is 1. The first-order chi connectivity index (χ1) is 10.2. The number of rotatable bonds is 4. The van der Waals surface area contributed by atoms with Crippen molar-refractivity contribution < 1.29 is 9.47 Å². The van der Waals surface area contributed by atoms with E-state index >= 15 is 0 Å². The summed E-state index contributed by atoms with van der Waals surface area (Å²) in [5.74, 6) is 0.873. The second kappa shape index (κ2) is 5.90. The highest BCUT2D eigenvalue weighted by atomic mass is 16.5. The third-order valence-electron chi connectivity index (χ3n) is 3.96. The predicted molar refractivity (Wildman–Crippen MR) is 85.2 cm³/mol. The summed E-state index contributed by atoms with van der Waals surface area (Å²) in [6, 6.07) is 4.12. The van der Waals surface area contributed by atoms with Crippen LogP contribution >= 0.6 is 0 Å². The second-order valence-electron chi connectivity index (χ2n) is 5.48. The molecule has 0 radical (unpaired) electrons. The molecule has 0 saturated carbocycles. The van der Waals surface area contributed by atoms with Crippen LogP contribution in [0.25, 0.3) is 10.9 Å². The number of aryl methyl sites for hydroxylation is 1. The molecule has 1 aromatic carbocycles. The molecule has 0 saturated heterocycles. The van der Waals surface area contributed by atoms with Crippen molar-refractivity contribution in [3.05, 3.63) is 29.0 Å². The molecule has 1 N–H and O–H groups in total. The van der Waals surface area contributed by atoms with Gasteiger partial charge in [0.15, 0.2) is 0 Å². The maximum absolute atomic E-state index is 5.64. The Hall–Kier alpha value is -1.81. The van der Waals surface area contributed by atoms with Gasteiger partial charge in [0.1, 0.15) is 5.75 Å². The van der Waals surface area contributed by atoms with Crippen LogP contribution in [0.4, 0.5) is 5.69 Å². The zero-order chi connectivity index (χ0) is 14.8. The Kier molecular flexibility index (Phi) is 3.97. The van der Waals surface area contributed by atoms with E-state index in [4.69, 9.17) is 14.5 Å². The lowest BCUT2D eigenvalue weighted by Gasteiger charge is -2.22. The van der Waals surface area contributed by atoms with Crippen LogP contribution < -0.4 is 10.1 Å². The van der Waals surface area contributed by atoms with E-state index in [1.165, 1.54) is 16.9 Å². The third-order valence-corrected chi connectivity index (χ3v) is 3.96. The van der Waals surface area contributed by atoms with Gasteiger partial charge in [-0.05, 0) is 31.0 Å². The highest BCUT2D eigenvalue weighted by molar-refractivity contribution is 5.96. The lowest BCUT2D eigenvalue weighted by atomic mass is 10.0. The fraction of sp³-hybridized carbons (Fsp3) is 0.471. The monoisotopic (exact) mass is 286 g/mol. The number of methoxy groups -OCH3 is 1. The molecule has 1 aliphatic rings. The van der Waals surface area contributed by atoms with Gasteiger partial charge >= 0.3 is 0 Å². The van der Waals surface area contributed by atoms with Crippen molar-refractivity contribution in [3.63, 3.8) is 0 Å². The first kappa shape index (κ1) is 14.1. The molecule has 0 amide bonds. The van der Waals surface area contributed by atoms with Gasteiger partial charge in [0, 0.05) is 23.9 Å². The third kappa shape index (κ3) is 2.56. The van der Waals surface area contributed by atoms with Gasteiger partial charge in [-0.3, -0.25) is 4.98 Å². The molecule has 2 heterocycles. The van der Waals surface area contributed by atoms with Gasteiger partial charge in [-0.15, -0.1) is 0 Å². The van der Waals surface area contributed by atoms with E-state index in [1.807, 2.05) is 6.07 Å². The van der Waals surface area contributed by atoms with Gasteiger partial charge in [-0.25, -0.2) is 0 Å². The minimum absolute atomic E-state index is 0.639. The molecule has 1 aromatic heterocycles. The van der Waals surface area contributed by atoms with Crippen LogP contribution in [-0.4, -0.2) is 25.2 Å². The topological polar surface area (TPSA) is 43.4 Å². The van der Waals surface area contributed by atoms with Crippen molar-refractivity contribution in [2.45, 2.75) is 33.3 Å². The Bertz CT molecular complexity index is 668. The highest BCUT2D eigenvalue weighted by Crippen LogP contribution is 2.35. The van der Waals surface area contributed by atoms with Crippen molar-refractivity contribution in [2.24, 2.45) is 0 Å². The zero-order valence-electron chi connectivity index (χ0n) is 13.0. The van der Waals surface area contributed by atoms with Crippen molar-refractivity contribution in [1.82, 2.24) is 4.98 Å². The average molecular weight is 286 g/mol. The SMILES string of the molecule is CCCNc1c2c(nc3c(C)cc(OC)cc13)CCOC2. The molecule has 0 fully saturated rings. The Morgan fingerprint density at radius 3 is 3.00 bits per heavy atom. The summed E-state index contributed by atoms with van der Waals surface area (Å²) in [6.45, 7) is 6.61. The molecule has 4 heteroatoms. The van der Waals surface area contributed by atoms with E-state index in [0.29, 0.717) is 6.61 Å². The van der Waals surface area contributed by atoms with Gasteiger partial charge < -0.3 is 14.8 Å². The summed E-state index contributed by atoms with van der Waals surface area (Å²) in [5.41, 5.74) is 5.75. The standard InChI is InChI=1S/C17H22N2O2/c1-4-6-18-17-13-9-12(20-3)8-11(2)16(13)19-15-5-7-21-10-14(15)17/h8-9H,4-7,10H2,1-3H3,(H,18,19). The Balaban J connectivity index is 2.26. The molecule has 0 bridgehead atoms. The van der Waals surface area contributed by atoms with Crippen LogP contribution in [0.3, 0.4) is 0 Å². The zero-order valence-corrected chi connectivity index (χ0v) is 13.0. The molecule has 1 aliphatic heterocycles. The van der Waals surface area contributed by atoms with E-state index in [-0.39, 0.29) is 0 Å². The number of anilines is 1. The Morgan fingerprint density at radius 1 is 1.38 bits per heavy atom. The summed E-state index contributed by atoms with van der Waals surface area (Å²) in [6.07, 6.45) is 1.97. The Labute approximate surface area is 125 Å². The maximum atomic E-state index is 5.64. The molecule has 112 valence electrons. The lowest BCUT2D eigenvalue weighted by molar-refractivity contribution is 0.110. The van der Waals surface area contributed by atoms with Crippen LogP contribution in [0.15, 0.2) is 12.1 Å². The molecule has 4 nitrogen and oxygen atoms in total. The van der Waals surface area contributed by atoms with E-state index in [0.717, 1.165) is 48.2 Å². The van der Waals surface area contributed by atoms with E-state index in [2.05, 4.69) is 25.2 Å². The molecule has 0 aliphatic carbocycles. The second-order valence-corrected chi connectivity index (χ2v) is 5.48. The van der Waals surface area contributed by atoms with Gasteiger partial charge in [0.2, 0.25) is 0 Å². The molecule has 0 unspecified atom stereocenters. The summed E-state index contributed by atoms with van der Waals surface area (Å²) < 4.78 is 11.1. The number of aromatic nitrogens is 1. The van der Waals surface area contributed by atoms with E-state index in [9.17, 15) is 0 Å². The minimum Gasteiger partial charge on any atom is -0.497 e. The van der Waals surface area contributed by atoms with Crippen molar-refractivity contribution >= 4 is 16.6 Å². The maximum Gasteiger partial charge on any atom is 0.119 e. The fourth-order valence-corrected chi connectivity index (χ4v) is 2.87. The first-order valence-corrected chi connectivity index (χ1v) is 7.56. The predicted octanol–water partition coefficient (Wildman–Crippen LogP) is 3.45. The normalized spacial score (nSPS) is 14.0. The number of nitrogens with zero attached hydrogens (tertiary/aromatic N) is 1. The molecule has 2 aromatic rings. The smallest absolute Gasteiger partial charge is 0.119 e. The van der Waals surface area contributed by atoms with Crippen molar-refractivity contribution in [2.75, 3.05) is 25.6 Å². The minimum atomic E-state index is 0.639.